The zero-order chi connectivity index (χ0) is 12.1. The minimum Gasteiger partial charge on any atom is -0.307 e. The molecule has 0 bridgehead atoms. The summed E-state index contributed by atoms with van der Waals surface area (Å²) in [6.45, 7) is 8.99. The monoisotopic (exact) mass is 236 g/mol. The van der Waals surface area contributed by atoms with Crippen LogP contribution in [0.3, 0.4) is 0 Å². The van der Waals surface area contributed by atoms with Crippen molar-refractivity contribution in [2.45, 2.75) is 45.7 Å². The van der Waals surface area contributed by atoms with Crippen LogP contribution in [0.4, 0.5) is 0 Å². The van der Waals surface area contributed by atoms with Crippen molar-refractivity contribution in [1.82, 2.24) is 20.4 Å². The summed E-state index contributed by atoms with van der Waals surface area (Å²) in [6, 6.07) is 2.69. The molecular formula is C13H24N4. The lowest BCUT2D eigenvalue weighted by Crippen LogP contribution is -2.37. The maximum atomic E-state index is 4.24. The molecule has 0 spiro atoms. The van der Waals surface area contributed by atoms with Crippen molar-refractivity contribution < 1.29 is 0 Å². The van der Waals surface area contributed by atoms with Gasteiger partial charge in [-0.25, -0.2) is 0 Å². The number of hydrogen-bond acceptors (Lipinski definition) is 3. The van der Waals surface area contributed by atoms with Gasteiger partial charge in [-0.15, -0.1) is 0 Å². The minimum atomic E-state index is 0.543. The van der Waals surface area contributed by atoms with E-state index < -0.39 is 0 Å². The summed E-state index contributed by atoms with van der Waals surface area (Å²) in [5, 5.41) is 10.9. The molecule has 2 heterocycles. The van der Waals surface area contributed by atoms with Crippen LogP contribution in [0.5, 0.6) is 0 Å². The van der Waals surface area contributed by atoms with E-state index in [9.17, 15) is 0 Å². The molecule has 17 heavy (non-hydrogen) atoms. The second-order valence-electron chi connectivity index (χ2n) is 5.03. The van der Waals surface area contributed by atoms with E-state index in [2.05, 4.69) is 40.3 Å². The zero-order valence-corrected chi connectivity index (χ0v) is 11.0. The molecule has 0 saturated carbocycles. The molecule has 1 fully saturated rings. The minimum absolute atomic E-state index is 0.543. The maximum Gasteiger partial charge on any atom is 0.0622 e. The number of nitrogens with zero attached hydrogens (tertiary/aromatic N) is 2. The van der Waals surface area contributed by atoms with Crippen LogP contribution in [0.1, 0.15) is 38.1 Å². The summed E-state index contributed by atoms with van der Waals surface area (Å²) < 4.78 is 0. The maximum absolute atomic E-state index is 4.24. The lowest BCUT2D eigenvalue weighted by atomic mass is 10.2. The van der Waals surface area contributed by atoms with Crippen LogP contribution in [0.2, 0.25) is 0 Å². The summed E-state index contributed by atoms with van der Waals surface area (Å²) in [6.07, 6.45) is 3.74. The van der Waals surface area contributed by atoms with Gasteiger partial charge in [-0.1, -0.05) is 6.92 Å². The molecule has 4 nitrogen and oxygen atoms in total. The molecule has 0 aromatic carbocycles. The molecule has 1 aromatic rings. The third-order valence-electron chi connectivity index (χ3n) is 3.42. The first-order valence-corrected chi connectivity index (χ1v) is 6.77. The highest BCUT2D eigenvalue weighted by Crippen LogP contribution is 2.07. The SMILES string of the molecule is CCc1cc(CNC(C)CN2CCCC2)[nH]n1. The molecule has 2 rings (SSSR count). The van der Waals surface area contributed by atoms with Gasteiger partial charge < -0.3 is 10.2 Å². The van der Waals surface area contributed by atoms with Gasteiger partial charge in [0.25, 0.3) is 0 Å². The van der Waals surface area contributed by atoms with E-state index in [-0.39, 0.29) is 0 Å². The second-order valence-corrected chi connectivity index (χ2v) is 5.03. The first-order chi connectivity index (χ1) is 8.28. The topological polar surface area (TPSA) is 44.0 Å². The van der Waals surface area contributed by atoms with Crippen molar-refractivity contribution in [2.75, 3.05) is 19.6 Å². The van der Waals surface area contributed by atoms with Crippen molar-refractivity contribution in [3.8, 4) is 0 Å². The quantitative estimate of drug-likeness (QED) is 0.787. The van der Waals surface area contributed by atoms with Crippen molar-refractivity contribution in [2.24, 2.45) is 0 Å². The first-order valence-electron chi connectivity index (χ1n) is 6.77. The standard InChI is InChI=1S/C13H24N4/c1-3-12-8-13(16-15-12)9-14-11(2)10-17-6-4-5-7-17/h8,11,14H,3-7,9-10H2,1-2H3,(H,15,16). The molecule has 4 heteroatoms. The Morgan fingerprint density at radius 2 is 2.24 bits per heavy atom. The van der Waals surface area contributed by atoms with E-state index >= 15 is 0 Å². The number of rotatable bonds is 6. The average Bonchev–Trinajstić information content (AvgIpc) is 2.96. The molecule has 1 aliphatic rings. The van der Waals surface area contributed by atoms with Crippen LogP contribution in [-0.4, -0.2) is 40.8 Å². The fourth-order valence-electron chi connectivity index (χ4n) is 2.38. The average molecular weight is 236 g/mol. The Balaban J connectivity index is 1.69. The van der Waals surface area contributed by atoms with Gasteiger partial charge in [0.1, 0.15) is 0 Å². The number of aryl methyl sites for hydroxylation is 1. The van der Waals surface area contributed by atoms with Gasteiger partial charge in [0.15, 0.2) is 0 Å². The predicted octanol–water partition coefficient (Wildman–Crippen LogP) is 1.55. The molecule has 1 unspecified atom stereocenters. The van der Waals surface area contributed by atoms with Gasteiger partial charge in [-0.2, -0.15) is 5.10 Å². The van der Waals surface area contributed by atoms with Gasteiger partial charge in [-0.3, -0.25) is 5.10 Å². The van der Waals surface area contributed by atoms with E-state index in [4.69, 9.17) is 0 Å². The highest BCUT2D eigenvalue weighted by Gasteiger charge is 2.14. The van der Waals surface area contributed by atoms with Crippen LogP contribution < -0.4 is 5.32 Å². The van der Waals surface area contributed by atoms with Crippen molar-refractivity contribution >= 4 is 0 Å². The van der Waals surface area contributed by atoms with Gasteiger partial charge >= 0.3 is 0 Å². The molecule has 1 aliphatic heterocycles. The Morgan fingerprint density at radius 1 is 1.47 bits per heavy atom. The Morgan fingerprint density at radius 3 is 2.88 bits per heavy atom. The second kappa shape index (κ2) is 6.17. The normalized spacial score (nSPS) is 18.7. The molecule has 1 saturated heterocycles. The van der Waals surface area contributed by atoms with E-state index in [1.165, 1.54) is 31.6 Å². The van der Waals surface area contributed by atoms with Crippen molar-refractivity contribution in [1.29, 1.82) is 0 Å². The molecule has 1 aromatic heterocycles. The fraction of sp³-hybridized carbons (Fsp3) is 0.769. The Hall–Kier alpha value is -0.870. The fourth-order valence-corrected chi connectivity index (χ4v) is 2.38. The number of hydrogen-bond donors (Lipinski definition) is 2. The zero-order valence-electron chi connectivity index (χ0n) is 11.0. The smallest absolute Gasteiger partial charge is 0.0622 e. The molecular weight excluding hydrogens is 212 g/mol. The highest BCUT2D eigenvalue weighted by atomic mass is 15.2. The van der Waals surface area contributed by atoms with Gasteiger partial charge in [-0.05, 0) is 45.3 Å². The molecule has 1 atom stereocenters. The Labute approximate surface area is 104 Å². The number of aromatic nitrogens is 2. The Kier molecular flexibility index (Phi) is 4.57. The largest absolute Gasteiger partial charge is 0.307 e. The lowest BCUT2D eigenvalue weighted by molar-refractivity contribution is 0.298. The summed E-state index contributed by atoms with van der Waals surface area (Å²) in [5.41, 5.74) is 2.34. The van der Waals surface area contributed by atoms with E-state index in [0.29, 0.717) is 6.04 Å². The number of likely N-dealkylation sites (tertiary alicyclic amines) is 1. The molecule has 0 radical (unpaired) electrons. The van der Waals surface area contributed by atoms with Gasteiger partial charge in [0.2, 0.25) is 0 Å². The van der Waals surface area contributed by atoms with E-state index in [0.717, 1.165) is 25.2 Å². The lowest BCUT2D eigenvalue weighted by Gasteiger charge is -2.20. The first kappa shape index (κ1) is 12.6. The predicted molar refractivity (Wildman–Crippen MR) is 69.9 cm³/mol. The summed E-state index contributed by atoms with van der Waals surface area (Å²) in [4.78, 5) is 2.54. The molecule has 0 amide bonds. The third kappa shape index (κ3) is 3.82. The van der Waals surface area contributed by atoms with Crippen LogP contribution in [0, 0.1) is 0 Å². The number of aromatic amines is 1. The van der Waals surface area contributed by atoms with Crippen LogP contribution in [0.15, 0.2) is 6.07 Å². The molecule has 0 aliphatic carbocycles. The van der Waals surface area contributed by atoms with Gasteiger partial charge in [0, 0.05) is 24.8 Å². The van der Waals surface area contributed by atoms with Crippen LogP contribution >= 0.6 is 0 Å². The summed E-state index contributed by atoms with van der Waals surface area (Å²) in [5.74, 6) is 0. The number of H-pyrrole nitrogens is 1. The molecule has 2 N–H and O–H groups in total. The van der Waals surface area contributed by atoms with Crippen LogP contribution in [0.25, 0.3) is 0 Å². The number of nitrogens with one attached hydrogen (secondary N) is 2. The third-order valence-corrected chi connectivity index (χ3v) is 3.42. The summed E-state index contributed by atoms with van der Waals surface area (Å²) in [7, 11) is 0. The van der Waals surface area contributed by atoms with E-state index in [1.807, 2.05) is 0 Å². The van der Waals surface area contributed by atoms with Gasteiger partial charge in [0.05, 0.1) is 5.69 Å². The Bertz CT molecular complexity index is 328. The summed E-state index contributed by atoms with van der Waals surface area (Å²) >= 11 is 0. The van der Waals surface area contributed by atoms with Crippen molar-refractivity contribution in [3.05, 3.63) is 17.5 Å². The van der Waals surface area contributed by atoms with E-state index in [1.54, 1.807) is 0 Å². The molecule has 96 valence electrons. The highest BCUT2D eigenvalue weighted by molar-refractivity contribution is 5.08. The van der Waals surface area contributed by atoms with Crippen LogP contribution in [-0.2, 0) is 13.0 Å². The van der Waals surface area contributed by atoms with Crippen molar-refractivity contribution in [3.63, 3.8) is 0 Å².